The molecule has 0 spiro atoms. The first-order chi connectivity index (χ1) is 12.8. The van der Waals surface area contributed by atoms with E-state index in [2.05, 4.69) is 6.92 Å². The van der Waals surface area contributed by atoms with Gasteiger partial charge in [-0.1, -0.05) is 6.92 Å². The highest BCUT2D eigenvalue weighted by Crippen LogP contribution is 2.65. The van der Waals surface area contributed by atoms with Crippen LogP contribution in [-0.4, -0.2) is 25.6 Å². The van der Waals surface area contributed by atoms with Crippen molar-refractivity contribution in [1.29, 1.82) is 5.41 Å². The monoisotopic (exact) mass is 385 g/mol. The van der Waals surface area contributed by atoms with E-state index in [1.807, 2.05) is 0 Å². The molecule has 4 saturated carbocycles. The van der Waals surface area contributed by atoms with E-state index >= 15 is 0 Å². The van der Waals surface area contributed by atoms with E-state index < -0.39 is 17.8 Å². The van der Waals surface area contributed by atoms with Crippen LogP contribution in [0.1, 0.15) is 64.7 Å². The molecule has 1 N–H and O–H groups in total. The van der Waals surface area contributed by atoms with Gasteiger partial charge in [-0.15, -0.1) is 0 Å². The fraction of sp³-hybridized carbons (Fsp3) is 0.955. The quantitative estimate of drug-likeness (QED) is 0.585. The van der Waals surface area contributed by atoms with E-state index in [9.17, 15) is 13.2 Å². The molecule has 0 radical (unpaired) electrons. The fourth-order valence-electron chi connectivity index (χ4n) is 8.01. The van der Waals surface area contributed by atoms with E-state index in [4.69, 9.17) is 10.1 Å². The van der Waals surface area contributed by atoms with Crippen LogP contribution in [-0.2, 0) is 4.74 Å². The molecule has 0 heterocycles. The lowest BCUT2D eigenvalue weighted by Gasteiger charge is -2.56. The summed E-state index contributed by atoms with van der Waals surface area (Å²) < 4.78 is 45.1. The van der Waals surface area contributed by atoms with Crippen molar-refractivity contribution in [1.82, 2.24) is 0 Å². The zero-order chi connectivity index (χ0) is 19.4. The Morgan fingerprint density at radius 1 is 1.00 bits per heavy atom. The summed E-state index contributed by atoms with van der Waals surface area (Å²) in [6.07, 6.45) is 5.21. The van der Waals surface area contributed by atoms with Gasteiger partial charge in [0, 0.05) is 19.6 Å². The second-order valence-corrected chi connectivity index (χ2v) is 10.2. The molecule has 0 bridgehead atoms. The van der Waals surface area contributed by atoms with E-state index in [1.165, 1.54) is 32.1 Å². The Kier molecular flexibility index (Phi) is 5.14. The number of hydrogen-bond donors (Lipinski definition) is 1. The van der Waals surface area contributed by atoms with Crippen LogP contribution in [0.2, 0.25) is 0 Å². The van der Waals surface area contributed by atoms with Crippen LogP contribution >= 0.6 is 0 Å². The van der Waals surface area contributed by atoms with Gasteiger partial charge in [0.15, 0.2) is 0 Å². The van der Waals surface area contributed by atoms with Crippen molar-refractivity contribution in [2.45, 2.75) is 70.9 Å². The van der Waals surface area contributed by atoms with Gasteiger partial charge in [-0.25, -0.2) is 0 Å². The first-order valence-corrected chi connectivity index (χ1v) is 10.9. The molecule has 8 atom stereocenters. The van der Waals surface area contributed by atoms with Gasteiger partial charge >= 0.3 is 6.18 Å². The maximum absolute atomic E-state index is 13.2. The average molecular weight is 386 g/mol. The van der Waals surface area contributed by atoms with Crippen molar-refractivity contribution in [3.8, 4) is 0 Å². The van der Waals surface area contributed by atoms with Gasteiger partial charge in [-0.2, -0.15) is 13.2 Å². The Morgan fingerprint density at radius 2 is 1.74 bits per heavy atom. The highest BCUT2D eigenvalue weighted by Gasteiger charge is 2.60. The van der Waals surface area contributed by atoms with Crippen LogP contribution in [0.15, 0.2) is 0 Å². The predicted molar refractivity (Wildman–Crippen MR) is 99.7 cm³/mol. The van der Waals surface area contributed by atoms with Crippen molar-refractivity contribution in [2.24, 2.45) is 46.8 Å². The maximum atomic E-state index is 13.2. The minimum atomic E-state index is -4.46. The Bertz CT molecular complexity index is 576. The molecule has 0 aromatic heterocycles. The number of nitrogens with one attached hydrogen (secondary N) is 1. The van der Waals surface area contributed by atoms with Crippen LogP contribution in [0, 0.1) is 52.2 Å². The summed E-state index contributed by atoms with van der Waals surface area (Å²) in [7, 11) is 1.79. The molecule has 0 aromatic carbocycles. The highest BCUT2D eigenvalue weighted by molar-refractivity contribution is 5.90. The maximum Gasteiger partial charge on any atom is 0.429 e. The Morgan fingerprint density at radius 3 is 2.44 bits per heavy atom. The molecule has 27 heavy (non-hydrogen) atoms. The van der Waals surface area contributed by atoms with Crippen molar-refractivity contribution < 1.29 is 17.9 Å². The molecule has 154 valence electrons. The summed E-state index contributed by atoms with van der Waals surface area (Å²) >= 11 is 0. The van der Waals surface area contributed by atoms with Crippen LogP contribution in [0.25, 0.3) is 0 Å². The van der Waals surface area contributed by atoms with E-state index in [1.54, 1.807) is 7.11 Å². The van der Waals surface area contributed by atoms with Crippen LogP contribution in [0.4, 0.5) is 13.2 Å². The molecule has 0 aliphatic heterocycles. The lowest BCUT2D eigenvalue weighted by Crippen LogP contribution is -2.50. The van der Waals surface area contributed by atoms with Gasteiger partial charge in [0.05, 0.1) is 0 Å². The largest absolute Gasteiger partial charge is 0.429 e. The number of ether oxygens (including phenoxy) is 1. The SMILES string of the molecule is COCC1CCC2C(CCC3C2CCC2(C)C(C(=N)C(F)(F)F)CCC32)C1. The smallest absolute Gasteiger partial charge is 0.384 e. The van der Waals surface area contributed by atoms with Crippen molar-refractivity contribution in [3.05, 3.63) is 0 Å². The number of hydrogen-bond acceptors (Lipinski definition) is 2. The Labute approximate surface area is 161 Å². The second-order valence-electron chi connectivity index (χ2n) is 10.2. The van der Waals surface area contributed by atoms with Gasteiger partial charge in [-0.05, 0) is 98.7 Å². The van der Waals surface area contributed by atoms with Gasteiger partial charge in [0.25, 0.3) is 0 Å². The number of halogens is 3. The third-order valence-corrected chi connectivity index (χ3v) is 9.12. The molecule has 5 heteroatoms. The van der Waals surface area contributed by atoms with Gasteiger partial charge in [0.1, 0.15) is 5.71 Å². The molecule has 0 amide bonds. The summed E-state index contributed by atoms with van der Waals surface area (Å²) in [6.45, 7) is 2.95. The van der Waals surface area contributed by atoms with Crippen LogP contribution in [0.3, 0.4) is 0 Å². The summed E-state index contributed by atoms with van der Waals surface area (Å²) in [4.78, 5) is 0. The number of methoxy groups -OCH3 is 1. The Hall–Kier alpha value is -0.580. The van der Waals surface area contributed by atoms with Gasteiger partial charge in [0.2, 0.25) is 0 Å². The minimum absolute atomic E-state index is 0.312. The zero-order valence-electron chi connectivity index (χ0n) is 16.7. The molecule has 4 rings (SSSR count). The zero-order valence-corrected chi connectivity index (χ0v) is 16.7. The molecular formula is C22H34F3NO. The molecule has 0 saturated heterocycles. The topological polar surface area (TPSA) is 33.1 Å². The van der Waals surface area contributed by atoms with Gasteiger partial charge in [-0.3, -0.25) is 0 Å². The normalized spacial score (nSPS) is 47.1. The minimum Gasteiger partial charge on any atom is -0.384 e. The molecule has 8 unspecified atom stereocenters. The molecule has 0 aromatic rings. The van der Waals surface area contributed by atoms with E-state index in [-0.39, 0.29) is 5.41 Å². The number of rotatable bonds is 3. The van der Waals surface area contributed by atoms with Crippen LogP contribution in [0.5, 0.6) is 0 Å². The summed E-state index contributed by atoms with van der Waals surface area (Å²) in [5, 5.41) is 7.79. The number of alkyl halides is 3. The molecule has 2 nitrogen and oxygen atoms in total. The van der Waals surface area contributed by atoms with Crippen molar-refractivity contribution in [2.75, 3.05) is 13.7 Å². The number of fused-ring (bicyclic) bond motifs is 5. The summed E-state index contributed by atoms with van der Waals surface area (Å²) in [6, 6.07) is 0. The molecule has 4 aliphatic rings. The second kappa shape index (κ2) is 7.03. The van der Waals surface area contributed by atoms with Crippen molar-refractivity contribution >= 4 is 5.71 Å². The third-order valence-electron chi connectivity index (χ3n) is 9.12. The lowest BCUT2D eigenvalue weighted by molar-refractivity contribution is -0.0817. The molecule has 4 fully saturated rings. The Balaban J connectivity index is 1.49. The van der Waals surface area contributed by atoms with E-state index in [0.717, 1.165) is 37.7 Å². The first kappa shape index (κ1) is 19.7. The summed E-state index contributed by atoms with van der Waals surface area (Å²) in [5.74, 6) is 3.39. The predicted octanol–water partition coefficient (Wildman–Crippen LogP) is 6.10. The highest BCUT2D eigenvalue weighted by atomic mass is 19.4. The third kappa shape index (κ3) is 3.26. The molecule has 4 aliphatic carbocycles. The van der Waals surface area contributed by atoms with Crippen LogP contribution < -0.4 is 0 Å². The first-order valence-electron chi connectivity index (χ1n) is 10.9. The summed E-state index contributed by atoms with van der Waals surface area (Å²) in [5.41, 5.74) is -1.27. The lowest BCUT2D eigenvalue weighted by atomic mass is 9.49. The fourth-order valence-corrected chi connectivity index (χ4v) is 8.01. The van der Waals surface area contributed by atoms with Crippen molar-refractivity contribution in [3.63, 3.8) is 0 Å². The standard InChI is InChI=1S/C22H34F3NO/c1-21-10-9-16-15-5-3-13(12-27-2)11-14(15)4-6-17(16)18(21)7-8-19(21)20(26)22(23,24)25/h13-19,26H,3-12H2,1-2H3. The van der Waals surface area contributed by atoms with E-state index in [0.29, 0.717) is 30.1 Å². The van der Waals surface area contributed by atoms with Gasteiger partial charge < -0.3 is 10.1 Å². The average Bonchev–Trinajstić information content (AvgIpc) is 2.97. The molecular weight excluding hydrogens is 351 g/mol.